The molecule has 1 N–H and O–H groups in total. The Labute approximate surface area is 115 Å². The Kier molecular flexibility index (Phi) is 3.79. The van der Waals surface area contributed by atoms with Gasteiger partial charge in [-0.05, 0) is 36.8 Å². The van der Waals surface area contributed by atoms with Crippen LogP contribution in [0.3, 0.4) is 0 Å². The predicted molar refractivity (Wildman–Crippen MR) is 73.1 cm³/mol. The van der Waals surface area contributed by atoms with E-state index in [9.17, 15) is 4.79 Å². The second kappa shape index (κ2) is 5.51. The van der Waals surface area contributed by atoms with Crippen LogP contribution in [-0.2, 0) is 0 Å². The number of rotatable bonds is 2. The molecule has 2 aromatic rings. The molecule has 0 aliphatic carbocycles. The third-order valence-corrected chi connectivity index (χ3v) is 2.82. The number of hydrogen-bond donors (Lipinski definition) is 1. The maximum absolute atomic E-state index is 12.1. The van der Waals surface area contributed by atoms with Crippen molar-refractivity contribution >= 4 is 23.2 Å². The molecule has 0 spiro atoms. The van der Waals surface area contributed by atoms with Gasteiger partial charge in [0.2, 0.25) is 0 Å². The maximum Gasteiger partial charge on any atom is 0.255 e. The number of aromatic nitrogens is 1. The Morgan fingerprint density at radius 2 is 2.16 bits per heavy atom. The second-order valence-corrected chi connectivity index (χ2v) is 4.39. The molecule has 94 valence electrons. The van der Waals surface area contributed by atoms with E-state index >= 15 is 0 Å². The molecule has 19 heavy (non-hydrogen) atoms. The summed E-state index contributed by atoms with van der Waals surface area (Å²) in [5, 5.41) is 12.1. The molecule has 1 aromatic heterocycles. The normalized spacial score (nSPS) is 9.74. The predicted octanol–water partition coefficient (Wildman–Crippen LogP) is 3.17. The molecule has 0 saturated carbocycles. The first kappa shape index (κ1) is 13.1. The molecule has 1 aromatic carbocycles. The van der Waals surface area contributed by atoms with E-state index in [1.807, 2.05) is 19.1 Å². The van der Waals surface area contributed by atoms with Crippen LogP contribution in [0.4, 0.5) is 5.69 Å². The van der Waals surface area contributed by atoms with Crippen molar-refractivity contribution in [3.8, 4) is 6.07 Å². The Morgan fingerprint density at radius 1 is 1.37 bits per heavy atom. The molecule has 0 aliphatic rings. The number of pyridine rings is 1. The fraction of sp³-hybridized carbons (Fsp3) is 0.0714. The molecule has 1 heterocycles. The summed E-state index contributed by atoms with van der Waals surface area (Å²) in [6, 6.07) is 10.1. The molecule has 0 fully saturated rings. The van der Waals surface area contributed by atoms with Gasteiger partial charge in [-0.1, -0.05) is 17.7 Å². The lowest BCUT2D eigenvalue weighted by atomic mass is 10.1. The SMILES string of the molecule is Cc1ccc(Cl)cc1NC(=O)c1ccnc(C#N)c1. The number of nitriles is 1. The van der Waals surface area contributed by atoms with Crippen LogP contribution in [0.1, 0.15) is 21.6 Å². The van der Waals surface area contributed by atoms with Gasteiger partial charge in [-0.15, -0.1) is 0 Å². The summed E-state index contributed by atoms with van der Waals surface area (Å²) in [4.78, 5) is 15.9. The average Bonchev–Trinajstić information content (AvgIpc) is 2.43. The third kappa shape index (κ3) is 3.09. The number of nitrogens with zero attached hydrogens (tertiary/aromatic N) is 2. The first-order chi connectivity index (χ1) is 9.10. The van der Waals surface area contributed by atoms with Crippen LogP contribution in [0.25, 0.3) is 0 Å². The Morgan fingerprint density at radius 3 is 2.89 bits per heavy atom. The lowest BCUT2D eigenvalue weighted by Crippen LogP contribution is -2.13. The minimum Gasteiger partial charge on any atom is -0.322 e. The fourth-order valence-electron chi connectivity index (χ4n) is 1.56. The quantitative estimate of drug-likeness (QED) is 0.912. The lowest BCUT2D eigenvalue weighted by molar-refractivity contribution is 0.102. The molecular weight excluding hydrogens is 262 g/mol. The van der Waals surface area contributed by atoms with Crippen LogP contribution >= 0.6 is 11.6 Å². The Bertz CT molecular complexity index is 677. The molecule has 0 aliphatic heterocycles. The summed E-state index contributed by atoms with van der Waals surface area (Å²) in [5.41, 5.74) is 2.14. The number of nitrogens with one attached hydrogen (secondary N) is 1. The minimum absolute atomic E-state index is 0.204. The number of hydrogen-bond acceptors (Lipinski definition) is 3. The van der Waals surface area contributed by atoms with E-state index in [4.69, 9.17) is 16.9 Å². The topological polar surface area (TPSA) is 65.8 Å². The van der Waals surface area contributed by atoms with Crippen molar-refractivity contribution in [2.24, 2.45) is 0 Å². The summed E-state index contributed by atoms with van der Waals surface area (Å²) in [7, 11) is 0. The van der Waals surface area contributed by atoms with Gasteiger partial charge in [0.1, 0.15) is 11.8 Å². The van der Waals surface area contributed by atoms with Gasteiger partial charge in [-0.25, -0.2) is 4.98 Å². The van der Waals surface area contributed by atoms with Gasteiger partial charge in [-0.3, -0.25) is 4.79 Å². The van der Waals surface area contributed by atoms with E-state index in [-0.39, 0.29) is 11.6 Å². The monoisotopic (exact) mass is 271 g/mol. The van der Waals surface area contributed by atoms with Crippen LogP contribution in [-0.4, -0.2) is 10.9 Å². The molecule has 0 radical (unpaired) electrons. The maximum atomic E-state index is 12.1. The average molecular weight is 272 g/mol. The summed E-state index contributed by atoms with van der Waals surface area (Å²) < 4.78 is 0. The largest absolute Gasteiger partial charge is 0.322 e. The van der Waals surface area contributed by atoms with Gasteiger partial charge in [0.25, 0.3) is 5.91 Å². The highest BCUT2D eigenvalue weighted by molar-refractivity contribution is 6.31. The van der Waals surface area contributed by atoms with Crippen molar-refractivity contribution in [3.05, 3.63) is 58.4 Å². The van der Waals surface area contributed by atoms with Gasteiger partial charge in [0, 0.05) is 22.5 Å². The van der Waals surface area contributed by atoms with E-state index < -0.39 is 0 Å². The van der Waals surface area contributed by atoms with E-state index in [1.165, 1.54) is 12.3 Å². The third-order valence-electron chi connectivity index (χ3n) is 2.58. The van der Waals surface area contributed by atoms with E-state index in [1.54, 1.807) is 18.2 Å². The van der Waals surface area contributed by atoms with E-state index in [0.717, 1.165) is 5.56 Å². The first-order valence-electron chi connectivity index (χ1n) is 5.54. The van der Waals surface area contributed by atoms with Crippen molar-refractivity contribution in [1.82, 2.24) is 4.98 Å². The highest BCUT2D eigenvalue weighted by Gasteiger charge is 2.09. The number of aryl methyl sites for hydroxylation is 1. The Balaban J connectivity index is 2.26. The zero-order valence-corrected chi connectivity index (χ0v) is 10.9. The second-order valence-electron chi connectivity index (χ2n) is 3.95. The molecule has 2 rings (SSSR count). The number of carbonyl (C=O) groups is 1. The number of anilines is 1. The van der Waals surface area contributed by atoms with Gasteiger partial charge >= 0.3 is 0 Å². The van der Waals surface area contributed by atoms with Gasteiger partial charge < -0.3 is 5.32 Å². The molecule has 5 heteroatoms. The van der Waals surface area contributed by atoms with Crippen LogP contribution in [0.15, 0.2) is 36.5 Å². The molecule has 0 bridgehead atoms. The lowest BCUT2D eigenvalue weighted by Gasteiger charge is -2.08. The fourth-order valence-corrected chi connectivity index (χ4v) is 1.73. The molecule has 0 unspecified atom stereocenters. The van der Waals surface area contributed by atoms with Crippen molar-refractivity contribution < 1.29 is 4.79 Å². The molecule has 4 nitrogen and oxygen atoms in total. The highest BCUT2D eigenvalue weighted by Crippen LogP contribution is 2.20. The molecule has 1 amide bonds. The van der Waals surface area contributed by atoms with E-state index in [0.29, 0.717) is 16.3 Å². The molecule has 0 saturated heterocycles. The van der Waals surface area contributed by atoms with Gasteiger partial charge in [0.15, 0.2) is 0 Å². The summed E-state index contributed by atoms with van der Waals surface area (Å²) in [6.45, 7) is 1.87. The number of benzene rings is 1. The highest BCUT2D eigenvalue weighted by atomic mass is 35.5. The molecular formula is C14H10ClN3O. The van der Waals surface area contributed by atoms with Crippen LogP contribution in [0.2, 0.25) is 5.02 Å². The van der Waals surface area contributed by atoms with Gasteiger partial charge in [-0.2, -0.15) is 5.26 Å². The van der Waals surface area contributed by atoms with Crippen LogP contribution in [0, 0.1) is 18.3 Å². The smallest absolute Gasteiger partial charge is 0.255 e. The van der Waals surface area contributed by atoms with Gasteiger partial charge in [0.05, 0.1) is 0 Å². The van der Waals surface area contributed by atoms with Crippen molar-refractivity contribution in [1.29, 1.82) is 5.26 Å². The van der Waals surface area contributed by atoms with Crippen LogP contribution in [0.5, 0.6) is 0 Å². The van der Waals surface area contributed by atoms with E-state index in [2.05, 4.69) is 10.3 Å². The summed E-state index contributed by atoms with van der Waals surface area (Å²) >= 11 is 5.89. The standard InChI is InChI=1S/C14H10ClN3O/c1-9-2-3-11(15)7-13(9)18-14(19)10-4-5-17-12(6-10)8-16/h2-7H,1H3,(H,18,19). The summed E-state index contributed by atoms with van der Waals surface area (Å²) in [6.07, 6.45) is 1.43. The van der Waals surface area contributed by atoms with Crippen molar-refractivity contribution in [2.75, 3.05) is 5.32 Å². The number of carbonyl (C=O) groups excluding carboxylic acids is 1. The number of halogens is 1. The first-order valence-corrected chi connectivity index (χ1v) is 5.91. The zero-order valence-electron chi connectivity index (χ0n) is 10.1. The van der Waals surface area contributed by atoms with Crippen molar-refractivity contribution in [2.45, 2.75) is 6.92 Å². The molecule has 0 atom stereocenters. The number of amides is 1. The van der Waals surface area contributed by atoms with Crippen LogP contribution < -0.4 is 5.32 Å². The Hall–Kier alpha value is -2.38. The van der Waals surface area contributed by atoms with Crippen molar-refractivity contribution in [3.63, 3.8) is 0 Å². The minimum atomic E-state index is -0.302. The summed E-state index contributed by atoms with van der Waals surface area (Å²) in [5.74, 6) is -0.302. The zero-order chi connectivity index (χ0) is 13.8.